The Bertz CT molecular complexity index is 683. The molecule has 1 amide bonds. The summed E-state index contributed by atoms with van der Waals surface area (Å²) in [6.07, 6.45) is 0. The fourth-order valence-corrected chi connectivity index (χ4v) is 2.11. The van der Waals surface area contributed by atoms with Crippen LogP contribution < -0.4 is 10.1 Å². The van der Waals surface area contributed by atoms with E-state index in [1.165, 1.54) is 23.9 Å². The van der Waals surface area contributed by atoms with Gasteiger partial charge in [0.1, 0.15) is 17.3 Å². The molecule has 2 rings (SSSR count). The van der Waals surface area contributed by atoms with Gasteiger partial charge in [0.25, 0.3) is 0 Å². The summed E-state index contributed by atoms with van der Waals surface area (Å²) in [6, 6.07) is 14.6. The number of benzene rings is 2. The Morgan fingerprint density at radius 1 is 1.23 bits per heavy atom. The SMILES string of the molecule is N#CCSCC(=O)Nc1ccc(Oc2cccc(F)c2)cc1. The van der Waals surface area contributed by atoms with Crippen molar-refractivity contribution in [2.75, 3.05) is 16.8 Å². The predicted octanol–water partition coefficient (Wildman–Crippen LogP) is 3.81. The first-order chi connectivity index (χ1) is 10.7. The number of ether oxygens (including phenoxy) is 1. The molecule has 112 valence electrons. The maximum absolute atomic E-state index is 13.1. The second kappa shape index (κ2) is 8.05. The van der Waals surface area contributed by atoms with Crippen molar-refractivity contribution in [1.29, 1.82) is 5.26 Å². The average molecular weight is 316 g/mol. The second-order valence-electron chi connectivity index (χ2n) is 4.28. The minimum Gasteiger partial charge on any atom is -0.457 e. The van der Waals surface area contributed by atoms with E-state index in [0.717, 1.165) is 0 Å². The van der Waals surface area contributed by atoms with Crippen LogP contribution in [0.2, 0.25) is 0 Å². The molecule has 0 saturated carbocycles. The number of hydrogen-bond donors (Lipinski definition) is 1. The molecule has 0 aliphatic carbocycles. The maximum atomic E-state index is 13.1. The number of nitriles is 1. The van der Waals surface area contributed by atoms with Gasteiger partial charge in [-0.25, -0.2) is 4.39 Å². The van der Waals surface area contributed by atoms with Crippen molar-refractivity contribution in [2.24, 2.45) is 0 Å². The summed E-state index contributed by atoms with van der Waals surface area (Å²) in [5.74, 6) is 0.936. The number of amides is 1. The third-order valence-corrected chi connectivity index (χ3v) is 3.37. The first-order valence-corrected chi connectivity index (χ1v) is 7.61. The van der Waals surface area contributed by atoms with Gasteiger partial charge in [-0.15, -0.1) is 11.8 Å². The Hall–Kier alpha value is -2.52. The van der Waals surface area contributed by atoms with E-state index in [4.69, 9.17) is 10.00 Å². The molecule has 22 heavy (non-hydrogen) atoms. The van der Waals surface area contributed by atoms with Crippen molar-refractivity contribution in [3.05, 3.63) is 54.3 Å². The van der Waals surface area contributed by atoms with Gasteiger partial charge in [-0.2, -0.15) is 5.26 Å². The highest BCUT2D eigenvalue weighted by atomic mass is 32.2. The van der Waals surface area contributed by atoms with Crippen molar-refractivity contribution in [3.8, 4) is 17.6 Å². The van der Waals surface area contributed by atoms with Crippen LogP contribution in [0.5, 0.6) is 11.5 Å². The molecule has 2 aromatic rings. The van der Waals surface area contributed by atoms with Gasteiger partial charge in [0, 0.05) is 11.8 Å². The van der Waals surface area contributed by atoms with Gasteiger partial charge in [0.05, 0.1) is 17.6 Å². The lowest BCUT2D eigenvalue weighted by Gasteiger charge is -2.08. The van der Waals surface area contributed by atoms with Crippen LogP contribution in [0, 0.1) is 17.1 Å². The first kappa shape index (κ1) is 15.9. The van der Waals surface area contributed by atoms with Crippen molar-refractivity contribution in [2.45, 2.75) is 0 Å². The number of anilines is 1. The number of halogens is 1. The summed E-state index contributed by atoms with van der Waals surface area (Å²) in [5, 5.41) is 11.1. The zero-order valence-corrected chi connectivity index (χ0v) is 12.4. The van der Waals surface area contributed by atoms with Gasteiger partial charge >= 0.3 is 0 Å². The Kier molecular flexibility index (Phi) is 5.81. The van der Waals surface area contributed by atoms with Crippen molar-refractivity contribution in [1.82, 2.24) is 0 Å². The average Bonchev–Trinajstić information content (AvgIpc) is 2.50. The van der Waals surface area contributed by atoms with E-state index in [9.17, 15) is 9.18 Å². The molecule has 0 heterocycles. The summed E-state index contributed by atoms with van der Waals surface area (Å²) in [4.78, 5) is 11.6. The monoisotopic (exact) mass is 316 g/mol. The number of carbonyl (C=O) groups excluding carboxylic acids is 1. The molecular formula is C16H13FN2O2S. The van der Waals surface area contributed by atoms with Crippen LogP contribution in [0.3, 0.4) is 0 Å². The molecule has 0 bridgehead atoms. The summed E-state index contributed by atoms with van der Waals surface area (Å²) < 4.78 is 18.6. The highest BCUT2D eigenvalue weighted by molar-refractivity contribution is 8.00. The highest BCUT2D eigenvalue weighted by Gasteiger charge is 2.03. The Labute approximate surface area is 131 Å². The van der Waals surface area contributed by atoms with E-state index in [0.29, 0.717) is 17.2 Å². The van der Waals surface area contributed by atoms with Gasteiger partial charge in [-0.05, 0) is 36.4 Å². The van der Waals surface area contributed by atoms with Crippen LogP contribution in [0.4, 0.5) is 10.1 Å². The van der Waals surface area contributed by atoms with Crippen LogP contribution in [0.1, 0.15) is 0 Å². The predicted molar refractivity (Wildman–Crippen MR) is 84.5 cm³/mol. The number of rotatable bonds is 6. The third kappa shape index (κ3) is 5.11. The molecule has 2 aromatic carbocycles. The highest BCUT2D eigenvalue weighted by Crippen LogP contribution is 2.23. The lowest BCUT2D eigenvalue weighted by Crippen LogP contribution is -2.14. The summed E-state index contributed by atoms with van der Waals surface area (Å²) in [6.45, 7) is 0. The largest absolute Gasteiger partial charge is 0.457 e. The third-order valence-electron chi connectivity index (χ3n) is 2.57. The van der Waals surface area contributed by atoms with E-state index in [1.54, 1.807) is 36.4 Å². The lowest BCUT2D eigenvalue weighted by atomic mass is 10.3. The molecular weight excluding hydrogens is 303 g/mol. The molecule has 0 unspecified atom stereocenters. The number of nitrogens with zero attached hydrogens (tertiary/aromatic N) is 1. The van der Waals surface area contributed by atoms with Crippen LogP contribution in [0.25, 0.3) is 0 Å². The molecule has 6 heteroatoms. The minimum atomic E-state index is -0.365. The Morgan fingerprint density at radius 3 is 2.68 bits per heavy atom. The van der Waals surface area contributed by atoms with Crippen molar-refractivity contribution >= 4 is 23.4 Å². The summed E-state index contributed by atoms with van der Waals surface area (Å²) in [7, 11) is 0. The molecule has 0 spiro atoms. The second-order valence-corrected chi connectivity index (χ2v) is 5.27. The molecule has 4 nitrogen and oxygen atoms in total. The number of nitrogens with one attached hydrogen (secondary N) is 1. The Balaban J connectivity index is 1.90. The minimum absolute atomic E-state index is 0.168. The van der Waals surface area contributed by atoms with Gasteiger partial charge in [-0.1, -0.05) is 6.07 Å². The zero-order valence-electron chi connectivity index (χ0n) is 11.6. The van der Waals surface area contributed by atoms with Gasteiger partial charge in [0.2, 0.25) is 5.91 Å². The van der Waals surface area contributed by atoms with E-state index < -0.39 is 0 Å². The smallest absolute Gasteiger partial charge is 0.234 e. The molecule has 0 atom stereocenters. The number of hydrogen-bond acceptors (Lipinski definition) is 4. The number of thioether (sulfide) groups is 1. The van der Waals surface area contributed by atoms with Crippen molar-refractivity contribution < 1.29 is 13.9 Å². The topological polar surface area (TPSA) is 62.1 Å². The fraction of sp³-hybridized carbons (Fsp3) is 0.125. The van der Waals surface area contributed by atoms with E-state index in [1.807, 2.05) is 6.07 Å². The molecule has 0 fully saturated rings. The molecule has 1 N–H and O–H groups in total. The normalized spacial score (nSPS) is 9.82. The summed E-state index contributed by atoms with van der Waals surface area (Å²) in [5.41, 5.74) is 0.633. The van der Waals surface area contributed by atoms with E-state index >= 15 is 0 Å². The van der Waals surface area contributed by atoms with Gasteiger partial charge in [0.15, 0.2) is 0 Å². The van der Waals surface area contributed by atoms with Crippen LogP contribution in [-0.4, -0.2) is 17.4 Å². The summed E-state index contributed by atoms with van der Waals surface area (Å²) >= 11 is 1.25. The van der Waals surface area contributed by atoms with Crippen LogP contribution in [0.15, 0.2) is 48.5 Å². The van der Waals surface area contributed by atoms with Crippen molar-refractivity contribution in [3.63, 3.8) is 0 Å². The van der Waals surface area contributed by atoms with Gasteiger partial charge in [-0.3, -0.25) is 4.79 Å². The molecule has 0 radical (unpaired) electrons. The lowest BCUT2D eigenvalue weighted by molar-refractivity contribution is -0.113. The molecule has 0 saturated heterocycles. The first-order valence-electron chi connectivity index (χ1n) is 6.45. The maximum Gasteiger partial charge on any atom is 0.234 e. The Morgan fingerprint density at radius 2 is 2.00 bits per heavy atom. The zero-order chi connectivity index (χ0) is 15.8. The molecule has 0 aliphatic heterocycles. The van der Waals surface area contributed by atoms with E-state index in [-0.39, 0.29) is 23.2 Å². The van der Waals surface area contributed by atoms with Gasteiger partial charge < -0.3 is 10.1 Å². The van der Waals surface area contributed by atoms with E-state index in [2.05, 4.69) is 5.32 Å². The molecule has 0 aliphatic rings. The van der Waals surface area contributed by atoms with Crippen LogP contribution in [-0.2, 0) is 4.79 Å². The fourth-order valence-electron chi connectivity index (χ4n) is 1.66. The number of carbonyl (C=O) groups is 1. The molecule has 0 aromatic heterocycles. The van der Waals surface area contributed by atoms with Crippen LogP contribution >= 0.6 is 11.8 Å². The standard InChI is InChI=1S/C16H13FN2O2S/c17-12-2-1-3-15(10-12)21-14-6-4-13(5-7-14)19-16(20)11-22-9-8-18/h1-7,10H,9,11H2,(H,19,20). The quantitative estimate of drug-likeness (QED) is 0.823.